The smallest absolute Gasteiger partial charge is 0.275 e. The Hall–Kier alpha value is -3.55. The molecule has 0 saturated carbocycles. The minimum Gasteiger partial charge on any atom is -0.364 e. The van der Waals surface area contributed by atoms with Gasteiger partial charge in [-0.2, -0.15) is 5.10 Å². The van der Waals surface area contributed by atoms with Gasteiger partial charge in [0, 0.05) is 11.9 Å². The molecule has 1 aromatic heterocycles. The van der Waals surface area contributed by atoms with E-state index in [4.69, 9.17) is 5.73 Å². The first-order chi connectivity index (χ1) is 13.0. The summed E-state index contributed by atoms with van der Waals surface area (Å²) in [4.78, 5) is 36.3. The van der Waals surface area contributed by atoms with Crippen LogP contribution in [-0.4, -0.2) is 28.1 Å². The molecule has 27 heavy (non-hydrogen) atoms. The standard InChI is InChI=1S/C19H17FN4O3/c20-15-8-4-1-5-12(15)9-10-22-16(25)11-24-19(27)14-7-3-2-6-13(14)17(23-24)18(21)26/h1-8H,9-11H2,(H2,21,26)(H,22,25). The van der Waals surface area contributed by atoms with Gasteiger partial charge in [0.25, 0.3) is 11.5 Å². The lowest BCUT2D eigenvalue weighted by molar-refractivity contribution is -0.121. The van der Waals surface area contributed by atoms with E-state index in [0.717, 1.165) is 4.68 Å². The maximum Gasteiger partial charge on any atom is 0.275 e. The molecule has 0 aliphatic carbocycles. The summed E-state index contributed by atoms with van der Waals surface area (Å²) in [6.45, 7) is -0.175. The van der Waals surface area contributed by atoms with Crippen LogP contribution in [0.25, 0.3) is 10.8 Å². The maximum atomic E-state index is 13.6. The fourth-order valence-electron chi connectivity index (χ4n) is 2.75. The van der Waals surface area contributed by atoms with Crippen molar-refractivity contribution in [2.24, 2.45) is 5.73 Å². The number of primary amides is 1. The summed E-state index contributed by atoms with van der Waals surface area (Å²) in [5.74, 6) is -1.61. The van der Waals surface area contributed by atoms with Gasteiger partial charge in [-0.15, -0.1) is 0 Å². The van der Waals surface area contributed by atoms with E-state index in [1.807, 2.05) is 0 Å². The molecule has 0 aliphatic rings. The van der Waals surface area contributed by atoms with Crippen molar-refractivity contribution in [1.29, 1.82) is 0 Å². The lowest BCUT2D eigenvalue weighted by atomic mass is 10.1. The first-order valence-corrected chi connectivity index (χ1v) is 8.27. The molecule has 3 aromatic rings. The molecule has 0 aliphatic heterocycles. The number of carbonyl (C=O) groups is 2. The van der Waals surface area contributed by atoms with Gasteiger partial charge in [0.1, 0.15) is 12.4 Å². The van der Waals surface area contributed by atoms with Gasteiger partial charge in [0.05, 0.1) is 5.39 Å². The zero-order chi connectivity index (χ0) is 19.4. The van der Waals surface area contributed by atoms with Crippen LogP contribution in [0.4, 0.5) is 4.39 Å². The Morgan fingerprint density at radius 2 is 1.74 bits per heavy atom. The van der Waals surface area contributed by atoms with Crippen molar-refractivity contribution in [1.82, 2.24) is 15.1 Å². The Balaban J connectivity index is 1.75. The molecular weight excluding hydrogens is 351 g/mol. The van der Waals surface area contributed by atoms with Gasteiger partial charge in [-0.05, 0) is 24.1 Å². The lowest BCUT2D eigenvalue weighted by Crippen LogP contribution is -2.36. The number of amides is 2. The van der Waals surface area contributed by atoms with Gasteiger partial charge >= 0.3 is 0 Å². The average molecular weight is 368 g/mol. The minimum atomic E-state index is -0.792. The fraction of sp³-hybridized carbons (Fsp3) is 0.158. The zero-order valence-electron chi connectivity index (χ0n) is 14.3. The van der Waals surface area contributed by atoms with Crippen molar-refractivity contribution >= 4 is 22.6 Å². The van der Waals surface area contributed by atoms with E-state index in [9.17, 15) is 18.8 Å². The van der Waals surface area contributed by atoms with Crippen LogP contribution in [0.1, 0.15) is 16.1 Å². The number of hydrogen-bond acceptors (Lipinski definition) is 4. The van der Waals surface area contributed by atoms with Crippen molar-refractivity contribution in [3.05, 3.63) is 76.0 Å². The van der Waals surface area contributed by atoms with Crippen molar-refractivity contribution in [3.8, 4) is 0 Å². The number of halogens is 1. The van der Waals surface area contributed by atoms with Gasteiger partial charge in [-0.3, -0.25) is 14.4 Å². The molecule has 0 saturated heterocycles. The molecule has 0 unspecified atom stereocenters. The second kappa shape index (κ2) is 7.77. The number of carbonyl (C=O) groups excluding carboxylic acids is 2. The van der Waals surface area contributed by atoms with Gasteiger partial charge < -0.3 is 11.1 Å². The van der Waals surface area contributed by atoms with Crippen molar-refractivity contribution in [2.45, 2.75) is 13.0 Å². The summed E-state index contributed by atoms with van der Waals surface area (Å²) in [5, 5.41) is 7.13. The van der Waals surface area contributed by atoms with E-state index in [-0.39, 0.29) is 30.0 Å². The molecular formula is C19H17FN4O3. The van der Waals surface area contributed by atoms with Crippen molar-refractivity contribution in [2.75, 3.05) is 6.54 Å². The summed E-state index contributed by atoms with van der Waals surface area (Å²) in [5.41, 5.74) is 5.24. The molecule has 0 fully saturated rings. The van der Waals surface area contributed by atoms with Crippen LogP contribution in [0.15, 0.2) is 53.3 Å². The van der Waals surface area contributed by atoms with E-state index >= 15 is 0 Å². The maximum absolute atomic E-state index is 13.6. The molecule has 2 amide bonds. The van der Waals surface area contributed by atoms with Crippen LogP contribution in [0.5, 0.6) is 0 Å². The van der Waals surface area contributed by atoms with Crippen LogP contribution in [0.2, 0.25) is 0 Å². The third-order valence-electron chi connectivity index (χ3n) is 4.07. The van der Waals surface area contributed by atoms with E-state index in [2.05, 4.69) is 10.4 Å². The second-order valence-electron chi connectivity index (χ2n) is 5.91. The molecule has 8 heteroatoms. The molecule has 7 nitrogen and oxygen atoms in total. The van der Waals surface area contributed by atoms with E-state index in [1.165, 1.54) is 6.07 Å². The highest BCUT2D eigenvalue weighted by Crippen LogP contribution is 2.12. The first-order valence-electron chi connectivity index (χ1n) is 8.27. The number of fused-ring (bicyclic) bond motifs is 1. The van der Waals surface area contributed by atoms with Crippen LogP contribution in [-0.2, 0) is 17.8 Å². The number of benzene rings is 2. The fourth-order valence-corrected chi connectivity index (χ4v) is 2.75. The second-order valence-corrected chi connectivity index (χ2v) is 5.91. The molecule has 0 spiro atoms. The summed E-state index contributed by atoms with van der Waals surface area (Å²) >= 11 is 0. The highest BCUT2D eigenvalue weighted by molar-refractivity contribution is 6.04. The van der Waals surface area contributed by atoms with Gasteiger partial charge in [-0.1, -0.05) is 36.4 Å². The predicted molar refractivity (Wildman–Crippen MR) is 97.6 cm³/mol. The molecule has 3 rings (SSSR count). The molecule has 3 N–H and O–H groups in total. The number of nitrogens with zero attached hydrogens (tertiary/aromatic N) is 2. The van der Waals surface area contributed by atoms with E-state index < -0.39 is 17.4 Å². The third-order valence-corrected chi connectivity index (χ3v) is 4.07. The number of nitrogens with two attached hydrogens (primary N) is 1. The molecule has 0 bridgehead atoms. The topological polar surface area (TPSA) is 107 Å². The van der Waals surface area contributed by atoms with Crippen molar-refractivity contribution in [3.63, 3.8) is 0 Å². The van der Waals surface area contributed by atoms with Gasteiger partial charge in [0.15, 0.2) is 5.69 Å². The Morgan fingerprint density at radius 1 is 1.07 bits per heavy atom. The van der Waals surface area contributed by atoms with Crippen LogP contribution in [0, 0.1) is 5.82 Å². The molecule has 2 aromatic carbocycles. The number of rotatable bonds is 6. The van der Waals surface area contributed by atoms with E-state index in [1.54, 1.807) is 42.5 Å². The highest BCUT2D eigenvalue weighted by atomic mass is 19.1. The summed E-state index contributed by atoms with van der Waals surface area (Å²) in [7, 11) is 0. The largest absolute Gasteiger partial charge is 0.364 e. The summed E-state index contributed by atoms with van der Waals surface area (Å²) < 4.78 is 14.5. The highest BCUT2D eigenvalue weighted by Gasteiger charge is 2.15. The number of hydrogen-bond donors (Lipinski definition) is 2. The third kappa shape index (κ3) is 4.00. The Bertz CT molecular complexity index is 1080. The Morgan fingerprint density at radius 3 is 2.44 bits per heavy atom. The molecule has 1 heterocycles. The SMILES string of the molecule is NC(=O)c1nn(CC(=O)NCCc2ccccc2F)c(=O)c2ccccc12. The number of aromatic nitrogens is 2. The predicted octanol–water partition coefficient (Wildman–Crippen LogP) is 0.993. The molecule has 0 atom stereocenters. The zero-order valence-corrected chi connectivity index (χ0v) is 14.3. The normalized spacial score (nSPS) is 10.7. The summed E-state index contributed by atoms with van der Waals surface area (Å²) in [6, 6.07) is 12.7. The van der Waals surface area contributed by atoms with Crippen molar-refractivity contribution < 1.29 is 14.0 Å². The quantitative estimate of drug-likeness (QED) is 0.677. The molecule has 0 radical (unpaired) electrons. The van der Waals surface area contributed by atoms with Gasteiger partial charge in [-0.25, -0.2) is 9.07 Å². The Kier molecular flexibility index (Phi) is 5.25. The molecule has 138 valence electrons. The number of nitrogens with one attached hydrogen (secondary N) is 1. The van der Waals surface area contributed by atoms with Crippen LogP contribution < -0.4 is 16.6 Å². The minimum absolute atomic E-state index is 0.0793. The average Bonchev–Trinajstić information content (AvgIpc) is 2.65. The van der Waals surface area contributed by atoms with E-state index in [0.29, 0.717) is 17.4 Å². The van der Waals surface area contributed by atoms with Crippen LogP contribution in [0.3, 0.4) is 0 Å². The first kappa shape index (κ1) is 18.2. The van der Waals surface area contributed by atoms with Gasteiger partial charge in [0.2, 0.25) is 5.91 Å². The monoisotopic (exact) mass is 368 g/mol. The Labute approximate surface area is 153 Å². The lowest BCUT2D eigenvalue weighted by Gasteiger charge is -2.10. The van der Waals surface area contributed by atoms with Crippen LogP contribution >= 0.6 is 0 Å². The summed E-state index contributed by atoms with van der Waals surface area (Å²) in [6.07, 6.45) is 0.311.